The van der Waals surface area contributed by atoms with Crippen molar-refractivity contribution in [1.29, 1.82) is 0 Å². The molecular weight excluding hydrogens is 856 g/mol. The summed E-state index contributed by atoms with van der Waals surface area (Å²) in [5, 5.41) is 4.50. The molecule has 0 saturated heterocycles. The van der Waals surface area contributed by atoms with Crippen LogP contribution in [0.3, 0.4) is 0 Å². The van der Waals surface area contributed by atoms with Crippen molar-refractivity contribution in [2.75, 3.05) is 0 Å². The number of rotatable bonds is 4. The molecule has 0 saturated carbocycles. The highest BCUT2D eigenvalue weighted by Crippen LogP contribution is 2.56. The molecule has 0 amide bonds. The summed E-state index contributed by atoms with van der Waals surface area (Å²) in [5.74, 6) is 0. The van der Waals surface area contributed by atoms with Gasteiger partial charge >= 0.3 is 6.18 Å². The Morgan fingerprint density at radius 3 is 1.49 bits per heavy atom. The largest absolute Gasteiger partial charge is 0.417 e. The Labute approximate surface area is 398 Å². The van der Waals surface area contributed by atoms with E-state index in [1.54, 1.807) is 13.0 Å². The molecule has 13 rings (SSSR count). The number of fused-ring (bicyclic) bond motifs is 14. The average molecular weight is 900 g/mol. The summed E-state index contributed by atoms with van der Waals surface area (Å²) in [5.41, 5.74) is 17.2. The SMILES string of the molecule is [C-]#[N+]c1ccc(-n2c3ccccc3c3c4c(ccc32)-c2ccccc2C4(C)C)c(-c2cc(-c3c(C)cccc3C(F)(F)F)ccc2-n2c3ccccc3c3c4c(ccc32)-c2ccccc2C4(C)C)c1. The lowest BCUT2D eigenvalue weighted by Crippen LogP contribution is -2.15. The summed E-state index contributed by atoms with van der Waals surface area (Å²) in [6, 6.07) is 59.1. The summed E-state index contributed by atoms with van der Waals surface area (Å²) >= 11 is 0. The van der Waals surface area contributed by atoms with Crippen molar-refractivity contribution in [2.24, 2.45) is 0 Å². The second-order valence-electron chi connectivity index (χ2n) is 19.9. The van der Waals surface area contributed by atoms with E-state index >= 15 is 13.2 Å². The van der Waals surface area contributed by atoms with Gasteiger partial charge in [0.2, 0.25) is 0 Å². The van der Waals surface area contributed by atoms with Gasteiger partial charge in [0.15, 0.2) is 5.69 Å². The van der Waals surface area contributed by atoms with E-state index in [0.717, 1.165) is 60.5 Å². The van der Waals surface area contributed by atoms with Gasteiger partial charge in [-0.05, 0) is 128 Å². The first-order valence-electron chi connectivity index (χ1n) is 23.5. The highest BCUT2D eigenvalue weighted by molar-refractivity contribution is 6.16. The Hall–Kier alpha value is -8.14. The van der Waals surface area contributed by atoms with E-state index in [1.165, 1.54) is 56.6 Å². The molecular formula is C63H44F3N3. The van der Waals surface area contributed by atoms with E-state index in [2.05, 4.69) is 163 Å². The molecule has 3 nitrogen and oxygen atoms in total. The van der Waals surface area contributed by atoms with Gasteiger partial charge < -0.3 is 9.13 Å². The Balaban J connectivity index is 1.16. The molecule has 332 valence electrons. The number of halogens is 3. The standard InChI is InChI=1S/C63H44F3N3/c1-36-16-15-23-49(63(64,65)66)56(36)37-26-30-52(68-50-24-13-9-19-43(50)57-54(68)32-28-41-39-17-7-11-21-47(39)61(2,3)59(41)57)45(34-37)46-35-38(67-6)27-31-53(46)69-51-25-14-10-20-44(51)58-55(69)33-29-42-40-18-8-12-22-48(40)62(4,5)60(42)58/h7-35H,1-5H3. The van der Waals surface area contributed by atoms with Crippen LogP contribution < -0.4 is 0 Å². The van der Waals surface area contributed by atoms with E-state index in [1.807, 2.05) is 36.4 Å². The van der Waals surface area contributed by atoms with E-state index in [0.29, 0.717) is 22.4 Å². The molecule has 11 aromatic rings. The third kappa shape index (κ3) is 5.56. The first-order valence-corrected chi connectivity index (χ1v) is 23.5. The second kappa shape index (κ2) is 14.2. The lowest BCUT2D eigenvalue weighted by Gasteiger charge is -2.23. The van der Waals surface area contributed by atoms with Crippen molar-refractivity contribution in [3.63, 3.8) is 0 Å². The van der Waals surface area contributed by atoms with Crippen LogP contribution in [0.4, 0.5) is 18.9 Å². The smallest absolute Gasteiger partial charge is 0.309 e. The quantitative estimate of drug-likeness (QED) is 0.156. The number of alkyl halides is 3. The molecule has 0 spiro atoms. The van der Waals surface area contributed by atoms with Gasteiger partial charge in [-0.25, -0.2) is 4.85 Å². The van der Waals surface area contributed by atoms with Gasteiger partial charge in [0.25, 0.3) is 0 Å². The minimum Gasteiger partial charge on any atom is -0.309 e. The van der Waals surface area contributed by atoms with Gasteiger partial charge in [0.05, 0.1) is 45.6 Å². The molecule has 0 fully saturated rings. The fraction of sp³-hybridized carbons (Fsp3) is 0.127. The Kier molecular flexibility index (Phi) is 8.45. The molecule has 0 unspecified atom stereocenters. The van der Waals surface area contributed by atoms with Gasteiger partial charge in [-0.2, -0.15) is 13.2 Å². The molecule has 2 aliphatic rings. The van der Waals surface area contributed by atoms with Crippen LogP contribution in [0.25, 0.3) is 104 Å². The van der Waals surface area contributed by atoms with Gasteiger partial charge in [0.1, 0.15) is 0 Å². The minimum atomic E-state index is -4.59. The molecule has 6 heteroatoms. The number of benzene rings is 9. The summed E-state index contributed by atoms with van der Waals surface area (Å²) in [6.45, 7) is 19.3. The summed E-state index contributed by atoms with van der Waals surface area (Å²) in [7, 11) is 0. The van der Waals surface area contributed by atoms with Crippen molar-refractivity contribution in [3.8, 4) is 55.9 Å². The number of hydrogen-bond acceptors (Lipinski definition) is 0. The maximum absolute atomic E-state index is 15.1. The van der Waals surface area contributed by atoms with E-state index in [-0.39, 0.29) is 16.4 Å². The number of aromatic nitrogens is 2. The molecule has 0 N–H and O–H groups in total. The Morgan fingerprint density at radius 1 is 0.464 bits per heavy atom. The molecule has 2 aliphatic carbocycles. The highest BCUT2D eigenvalue weighted by Gasteiger charge is 2.40. The molecule has 2 aromatic heterocycles. The third-order valence-electron chi connectivity index (χ3n) is 15.5. The van der Waals surface area contributed by atoms with Gasteiger partial charge in [-0.3, -0.25) is 0 Å². The topological polar surface area (TPSA) is 14.2 Å². The monoisotopic (exact) mass is 899 g/mol. The predicted molar refractivity (Wildman–Crippen MR) is 277 cm³/mol. The van der Waals surface area contributed by atoms with Crippen molar-refractivity contribution in [1.82, 2.24) is 9.13 Å². The number of hydrogen-bond donors (Lipinski definition) is 0. The summed E-state index contributed by atoms with van der Waals surface area (Å²) in [6.07, 6.45) is -4.59. The van der Waals surface area contributed by atoms with Crippen LogP contribution in [0.1, 0.15) is 61.1 Å². The first-order chi connectivity index (χ1) is 33.3. The predicted octanol–water partition coefficient (Wildman–Crippen LogP) is 17.7. The van der Waals surface area contributed by atoms with Crippen LogP contribution in [-0.2, 0) is 17.0 Å². The molecule has 0 bridgehead atoms. The molecule has 2 heterocycles. The number of nitrogens with zero attached hydrogens (tertiary/aromatic N) is 3. The van der Waals surface area contributed by atoms with Gasteiger partial charge in [-0.1, -0.05) is 149 Å². The van der Waals surface area contributed by atoms with Gasteiger partial charge in [-0.15, -0.1) is 0 Å². The van der Waals surface area contributed by atoms with Gasteiger partial charge in [0, 0.05) is 37.9 Å². The van der Waals surface area contributed by atoms with Crippen LogP contribution in [0.15, 0.2) is 176 Å². The number of aryl methyl sites for hydroxylation is 1. The van der Waals surface area contributed by atoms with E-state index in [9.17, 15) is 0 Å². The van der Waals surface area contributed by atoms with Crippen molar-refractivity contribution < 1.29 is 13.2 Å². The zero-order valence-electron chi connectivity index (χ0n) is 38.7. The molecule has 0 radical (unpaired) electrons. The van der Waals surface area contributed by atoms with E-state index in [4.69, 9.17) is 6.57 Å². The first kappa shape index (κ1) is 41.1. The molecule has 0 aliphatic heterocycles. The van der Waals surface area contributed by atoms with Crippen LogP contribution in [0, 0.1) is 13.5 Å². The number of para-hydroxylation sites is 2. The lowest BCUT2D eigenvalue weighted by atomic mass is 9.80. The lowest BCUT2D eigenvalue weighted by molar-refractivity contribution is -0.137. The average Bonchev–Trinajstić information content (AvgIpc) is 4.02. The normalized spacial score (nSPS) is 14.3. The van der Waals surface area contributed by atoms with E-state index < -0.39 is 11.7 Å². The summed E-state index contributed by atoms with van der Waals surface area (Å²) in [4.78, 5) is 3.99. The maximum Gasteiger partial charge on any atom is 0.417 e. The minimum absolute atomic E-state index is 0.134. The Bertz CT molecular complexity index is 4090. The third-order valence-corrected chi connectivity index (χ3v) is 15.5. The molecule has 69 heavy (non-hydrogen) atoms. The van der Waals surface area contributed by atoms with Crippen LogP contribution in [-0.4, -0.2) is 9.13 Å². The fourth-order valence-electron chi connectivity index (χ4n) is 12.6. The molecule has 0 atom stereocenters. The van der Waals surface area contributed by atoms with Crippen molar-refractivity contribution in [2.45, 2.75) is 51.6 Å². The Morgan fingerprint density at radius 2 is 0.957 bits per heavy atom. The maximum atomic E-state index is 15.1. The molecule has 9 aromatic carbocycles. The van der Waals surface area contributed by atoms with Crippen LogP contribution >= 0.6 is 0 Å². The van der Waals surface area contributed by atoms with Crippen molar-refractivity contribution in [3.05, 3.63) is 221 Å². The highest BCUT2D eigenvalue weighted by atomic mass is 19.4. The van der Waals surface area contributed by atoms with Crippen LogP contribution in [0.5, 0.6) is 0 Å². The summed E-state index contributed by atoms with van der Waals surface area (Å²) < 4.78 is 49.9. The second-order valence-corrected chi connectivity index (χ2v) is 19.9. The van der Waals surface area contributed by atoms with Crippen molar-refractivity contribution >= 4 is 49.3 Å². The fourth-order valence-corrected chi connectivity index (χ4v) is 12.6. The van der Waals surface area contributed by atoms with Crippen LogP contribution in [0.2, 0.25) is 0 Å². The zero-order valence-corrected chi connectivity index (χ0v) is 38.7. The zero-order chi connectivity index (χ0) is 47.3.